The van der Waals surface area contributed by atoms with Gasteiger partial charge in [-0.3, -0.25) is 4.79 Å². The summed E-state index contributed by atoms with van der Waals surface area (Å²) in [5.74, 6) is 1.11. The standard InChI is InChI=1S/C19H18O2/c20-19-12-11-18(21-17-9-5-2-6-10-17)14-16(19)13-15-7-3-1-4-8-15/h1-10,13,18H,11-12,14H2/b16-13-. The second-order valence-electron chi connectivity index (χ2n) is 5.30. The van der Waals surface area contributed by atoms with Crippen LogP contribution in [0.4, 0.5) is 0 Å². The third-order valence-corrected chi connectivity index (χ3v) is 3.69. The molecule has 0 N–H and O–H groups in total. The lowest BCUT2D eigenvalue weighted by Crippen LogP contribution is -2.26. The van der Waals surface area contributed by atoms with Gasteiger partial charge < -0.3 is 4.74 Å². The molecule has 1 atom stereocenters. The van der Waals surface area contributed by atoms with E-state index in [9.17, 15) is 4.79 Å². The first-order chi connectivity index (χ1) is 10.3. The highest BCUT2D eigenvalue weighted by Gasteiger charge is 2.24. The number of benzene rings is 2. The third kappa shape index (κ3) is 3.60. The van der Waals surface area contributed by atoms with Gasteiger partial charge in [-0.15, -0.1) is 0 Å². The van der Waals surface area contributed by atoms with Crippen LogP contribution in [0, 0.1) is 0 Å². The van der Waals surface area contributed by atoms with E-state index in [1.165, 1.54) is 0 Å². The molecule has 0 radical (unpaired) electrons. The molecule has 21 heavy (non-hydrogen) atoms. The highest BCUT2D eigenvalue weighted by Crippen LogP contribution is 2.26. The Kier molecular flexibility index (Phi) is 4.15. The minimum absolute atomic E-state index is 0.0834. The number of hydrogen-bond acceptors (Lipinski definition) is 2. The summed E-state index contributed by atoms with van der Waals surface area (Å²) in [4.78, 5) is 12.1. The van der Waals surface area contributed by atoms with Crippen molar-refractivity contribution in [2.45, 2.75) is 25.4 Å². The van der Waals surface area contributed by atoms with E-state index in [-0.39, 0.29) is 11.9 Å². The van der Waals surface area contributed by atoms with Crippen LogP contribution in [0.25, 0.3) is 6.08 Å². The minimum Gasteiger partial charge on any atom is -0.490 e. The molecule has 3 rings (SSSR count). The van der Waals surface area contributed by atoms with E-state index < -0.39 is 0 Å². The summed E-state index contributed by atoms with van der Waals surface area (Å²) < 4.78 is 5.98. The molecule has 1 saturated carbocycles. The SMILES string of the molecule is O=C1CCC(Oc2ccccc2)C/C1=C/c1ccccc1. The van der Waals surface area contributed by atoms with E-state index in [0.717, 1.165) is 23.3 Å². The number of hydrogen-bond donors (Lipinski definition) is 0. The lowest BCUT2D eigenvalue weighted by atomic mass is 9.90. The average molecular weight is 278 g/mol. The Morgan fingerprint density at radius 1 is 0.952 bits per heavy atom. The quantitative estimate of drug-likeness (QED) is 0.784. The Labute approximate surface area is 125 Å². The Morgan fingerprint density at radius 2 is 1.62 bits per heavy atom. The Hall–Kier alpha value is -2.35. The molecule has 1 aliphatic rings. The average Bonchev–Trinajstić information content (AvgIpc) is 2.53. The smallest absolute Gasteiger partial charge is 0.159 e. The normalized spacial score (nSPS) is 20.5. The predicted octanol–water partition coefficient (Wildman–Crippen LogP) is 4.27. The topological polar surface area (TPSA) is 26.3 Å². The first-order valence-corrected chi connectivity index (χ1v) is 7.32. The van der Waals surface area contributed by atoms with Crippen molar-refractivity contribution in [2.75, 3.05) is 0 Å². The van der Waals surface area contributed by atoms with Gasteiger partial charge in [0.05, 0.1) is 0 Å². The lowest BCUT2D eigenvalue weighted by molar-refractivity contribution is -0.117. The summed E-state index contributed by atoms with van der Waals surface area (Å²) in [5.41, 5.74) is 1.94. The number of carbonyl (C=O) groups is 1. The van der Waals surface area contributed by atoms with Crippen molar-refractivity contribution in [3.63, 3.8) is 0 Å². The zero-order chi connectivity index (χ0) is 14.5. The van der Waals surface area contributed by atoms with Gasteiger partial charge in [0.2, 0.25) is 0 Å². The van der Waals surface area contributed by atoms with Gasteiger partial charge in [-0.1, -0.05) is 48.5 Å². The van der Waals surface area contributed by atoms with Crippen LogP contribution in [0.3, 0.4) is 0 Å². The Balaban J connectivity index is 1.73. The molecular formula is C19H18O2. The molecule has 1 aliphatic carbocycles. The fourth-order valence-corrected chi connectivity index (χ4v) is 2.60. The highest BCUT2D eigenvalue weighted by molar-refractivity contribution is 6.00. The molecular weight excluding hydrogens is 260 g/mol. The first kappa shape index (κ1) is 13.6. The number of rotatable bonds is 3. The van der Waals surface area contributed by atoms with E-state index in [2.05, 4.69) is 0 Å². The number of Topliss-reactive ketones (excluding diaryl/α,β-unsaturated/α-hetero) is 1. The number of para-hydroxylation sites is 1. The minimum atomic E-state index is 0.0834. The van der Waals surface area contributed by atoms with Gasteiger partial charge in [-0.25, -0.2) is 0 Å². The fraction of sp³-hybridized carbons (Fsp3) is 0.211. The third-order valence-electron chi connectivity index (χ3n) is 3.69. The van der Waals surface area contributed by atoms with E-state index in [0.29, 0.717) is 12.8 Å². The summed E-state index contributed by atoms with van der Waals surface area (Å²) in [7, 11) is 0. The molecule has 0 aliphatic heterocycles. The van der Waals surface area contributed by atoms with Crippen LogP contribution in [0.2, 0.25) is 0 Å². The van der Waals surface area contributed by atoms with E-state index in [1.54, 1.807) is 0 Å². The van der Waals surface area contributed by atoms with Gasteiger partial charge in [0, 0.05) is 12.8 Å². The molecule has 2 nitrogen and oxygen atoms in total. The fourth-order valence-electron chi connectivity index (χ4n) is 2.60. The van der Waals surface area contributed by atoms with Gasteiger partial charge >= 0.3 is 0 Å². The lowest BCUT2D eigenvalue weighted by Gasteiger charge is -2.24. The highest BCUT2D eigenvalue weighted by atomic mass is 16.5. The summed E-state index contributed by atoms with van der Waals surface area (Å²) in [6.45, 7) is 0. The van der Waals surface area contributed by atoms with Crippen LogP contribution >= 0.6 is 0 Å². The van der Waals surface area contributed by atoms with Gasteiger partial charge in [-0.05, 0) is 35.8 Å². The second-order valence-corrected chi connectivity index (χ2v) is 5.30. The van der Waals surface area contributed by atoms with Gasteiger partial charge in [-0.2, -0.15) is 0 Å². The zero-order valence-electron chi connectivity index (χ0n) is 11.9. The first-order valence-electron chi connectivity index (χ1n) is 7.32. The van der Waals surface area contributed by atoms with Gasteiger partial charge in [0.15, 0.2) is 5.78 Å². The van der Waals surface area contributed by atoms with Crippen LogP contribution in [0.15, 0.2) is 66.2 Å². The summed E-state index contributed by atoms with van der Waals surface area (Å²) in [5, 5.41) is 0. The van der Waals surface area contributed by atoms with Crippen molar-refractivity contribution in [1.29, 1.82) is 0 Å². The molecule has 0 bridgehead atoms. The summed E-state index contributed by atoms with van der Waals surface area (Å²) in [6, 6.07) is 19.8. The van der Waals surface area contributed by atoms with Crippen molar-refractivity contribution < 1.29 is 9.53 Å². The van der Waals surface area contributed by atoms with Crippen molar-refractivity contribution in [3.8, 4) is 5.75 Å². The maximum atomic E-state index is 12.1. The molecule has 0 aromatic heterocycles. The van der Waals surface area contributed by atoms with Gasteiger partial charge in [0.1, 0.15) is 11.9 Å². The van der Waals surface area contributed by atoms with Gasteiger partial charge in [0.25, 0.3) is 0 Å². The van der Waals surface area contributed by atoms with Crippen LogP contribution in [0.1, 0.15) is 24.8 Å². The monoisotopic (exact) mass is 278 g/mol. The van der Waals surface area contributed by atoms with Crippen molar-refractivity contribution in [2.24, 2.45) is 0 Å². The van der Waals surface area contributed by atoms with Crippen LogP contribution in [-0.4, -0.2) is 11.9 Å². The molecule has 2 aromatic carbocycles. The van der Waals surface area contributed by atoms with Crippen molar-refractivity contribution in [3.05, 3.63) is 71.8 Å². The number of ether oxygens (including phenoxy) is 1. The molecule has 1 unspecified atom stereocenters. The molecule has 0 heterocycles. The second kappa shape index (κ2) is 6.40. The number of carbonyl (C=O) groups excluding carboxylic acids is 1. The maximum absolute atomic E-state index is 12.1. The van der Waals surface area contributed by atoms with E-state index in [4.69, 9.17) is 4.74 Å². The summed E-state index contributed by atoms with van der Waals surface area (Å²) >= 11 is 0. The van der Waals surface area contributed by atoms with Crippen LogP contribution in [-0.2, 0) is 4.79 Å². The van der Waals surface area contributed by atoms with Crippen molar-refractivity contribution in [1.82, 2.24) is 0 Å². The maximum Gasteiger partial charge on any atom is 0.159 e. The number of ketones is 1. The molecule has 1 fully saturated rings. The zero-order valence-corrected chi connectivity index (χ0v) is 11.9. The molecule has 2 aromatic rings. The van der Waals surface area contributed by atoms with Crippen LogP contribution < -0.4 is 4.74 Å². The Bertz CT molecular complexity index is 629. The largest absolute Gasteiger partial charge is 0.490 e. The Morgan fingerprint density at radius 3 is 2.33 bits per heavy atom. The molecule has 2 heteroatoms. The predicted molar refractivity (Wildman–Crippen MR) is 84.1 cm³/mol. The molecule has 106 valence electrons. The van der Waals surface area contributed by atoms with Crippen LogP contribution in [0.5, 0.6) is 5.75 Å². The van der Waals surface area contributed by atoms with E-state index >= 15 is 0 Å². The molecule has 0 spiro atoms. The molecule has 0 amide bonds. The van der Waals surface area contributed by atoms with E-state index in [1.807, 2.05) is 66.7 Å². The molecule has 0 saturated heterocycles. The summed E-state index contributed by atoms with van der Waals surface area (Å²) in [6.07, 6.45) is 4.11. The van der Waals surface area contributed by atoms with Crippen molar-refractivity contribution >= 4 is 11.9 Å².